The molecule has 0 radical (unpaired) electrons. The van der Waals surface area contributed by atoms with Gasteiger partial charge in [0.25, 0.3) is 0 Å². The van der Waals surface area contributed by atoms with Gasteiger partial charge in [-0.05, 0) is 18.5 Å². The van der Waals surface area contributed by atoms with Crippen molar-refractivity contribution in [3.8, 4) is 0 Å². The molecule has 0 amide bonds. The van der Waals surface area contributed by atoms with Crippen molar-refractivity contribution >= 4 is 0 Å². The summed E-state index contributed by atoms with van der Waals surface area (Å²) in [5.74, 6) is -3.83. The van der Waals surface area contributed by atoms with E-state index < -0.39 is 29.6 Å². The van der Waals surface area contributed by atoms with E-state index in [9.17, 15) is 13.2 Å². The van der Waals surface area contributed by atoms with Gasteiger partial charge < -0.3 is 10.1 Å². The van der Waals surface area contributed by atoms with Crippen LogP contribution in [0.25, 0.3) is 0 Å². The molecular weight excluding hydrogens is 255 g/mol. The first-order valence-electron chi connectivity index (χ1n) is 6.07. The maximum absolute atomic E-state index is 13.9. The Balaban J connectivity index is 3.28. The second kappa shape index (κ2) is 5.92. The van der Waals surface area contributed by atoms with Gasteiger partial charge in [0.05, 0.1) is 12.1 Å². The van der Waals surface area contributed by atoms with Gasteiger partial charge in [-0.3, -0.25) is 0 Å². The van der Waals surface area contributed by atoms with Crippen molar-refractivity contribution in [1.29, 1.82) is 0 Å². The van der Waals surface area contributed by atoms with Gasteiger partial charge in [0.15, 0.2) is 17.5 Å². The van der Waals surface area contributed by atoms with Crippen LogP contribution in [0.5, 0.6) is 0 Å². The van der Waals surface area contributed by atoms with E-state index in [1.807, 2.05) is 20.8 Å². The Morgan fingerprint density at radius 3 is 2.11 bits per heavy atom. The van der Waals surface area contributed by atoms with Gasteiger partial charge >= 0.3 is 0 Å². The van der Waals surface area contributed by atoms with Crippen molar-refractivity contribution in [3.63, 3.8) is 0 Å². The van der Waals surface area contributed by atoms with E-state index in [0.29, 0.717) is 0 Å². The largest absolute Gasteiger partial charge is 0.379 e. The maximum Gasteiger partial charge on any atom is 0.194 e. The second-order valence-electron chi connectivity index (χ2n) is 5.55. The van der Waals surface area contributed by atoms with E-state index in [-0.39, 0.29) is 11.0 Å². The number of rotatable bonds is 4. The van der Waals surface area contributed by atoms with E-state index in [4.69, 9.17) is 4.74 Å². The molecule has 108 valence electrons. The molecule has 2 atom stereocenters. The van der Waals surface area contributed by atoms with Crippen molar-refractivity contribution in [1.82, 2.24) is 5.32 Å². The van der Waals surface area contributed by atoms with E-state index in [1.165, 1.54) is 13.2 Å². The zero-order valence-corrected chi connectivity index (χ0v) is 11.9. The highest BCUT2D eigenvalue weighted by Gasteiger charge is 2.34. The number of hydrogen-bond acceptors (Lipinski definition) is 2. The molecule has 19 heavy (non-hydrogen) atoms. The summed E-state index contributed by atoms with van der Waals surface area (Å²) < 4.78 is 45.6. The summed E-state index contributed by atoms with van der Waals surface area (Å²) in [5, 5.41) is 2.91. The third-order valence-corrected chi connectivity index (χ3v) is 3.12. The van der Waals surface area contributed by atoms with Crippen molar-refractivity contribution in [2.45, 2.75) is 32.9 Å². The van der Waals surface area contributed by atoms with Gasteiger partial charge in [-0.1, -0.05) is 26.8 Å². The molecule has 1 N–H and O–H groups in total. The van der Waals surface area contributed by atoms with Gasteiger partial charge in [0.2, 0.25) is 0 Å². The molecule has 0 saturated carbocycles. The van der Waals surface area contributed by atoms with Crippen LogP contribution in [0.15, 0.2) is 12.1 Å². The molecule has 0 heterocycles. The van der Waals surface area contributed by atoms with Crippen LogP contribution in [0.4, 0.5) is 13.2 Å². The summed E-state index contributed by atoms with van der Waals surface area (Å²) in [4.78, 5) is 0. The smallest absolute Gasteiger partial charge is 0.194 e. The lowest BCUT2D eigenvalue weighted by Crippen LogP contribution is -2.40. The summed E-state index contributed by atoms with van der Waals surface area (Å²) in [6.07, 6.45) is -0.392. The standard InChI is InChI=1S/C14H20F3NO/c1-14(2,3)13(19-5)12(18-4)8-6-7-9(15)11(17)10(8)16/h6-7,12-13,18H,1-5H3. The fourth-order valence-corrected chi connectivity index (χ4v) is 2.24. The molecule has 0 bridgehead atoms. The third kappa shape index (κ3) is 3.28. The fraction of sp³-hybridized carbons (Fsp3) is 0.571. The average molecular weight is 275 g/mol. The summed E-state index contributed by atoms with van der Waals surface area (Å²) in [6, 6.07) is 1.60. The molecular formula is C14H20F3NO. The minimum Gasteiger partial charge on any atom is -0.379 e. The zero-order chi connectivity index (χ0) is 14.8. The Morgan fingerprint density at radius 2 is 1.68 bits per heavy atom. The van der Waals surface area contributed by atoms with Crippen LogP contribution in [-0.4, -0.2) is 20.3 Å². The van der Waals surface area contributed by atoms with Crippen LogP contribution in [-0.2, 0) is 4.74 Å². The molecule has 0 spiro atoms. The molecule has 1 aromatic carbocycles. The average Bonchev–Trinajstić information content (AvgIpc) is 2.32. The Labute approximate surface area is 112 Å². The van der Waals surface area contributed by atoms with Gasteiger partial charge in [-0.15, -0.1) is 0 Å². The fourth-order valence-electron chi connectivity index (χ4n) is 2.24. The molecule has 2 unspecified atom stereocenters. The quantitative estimate of drug-likeness (QED) is 0.850. The summed E-state index contributed by atoms with van der Waals surface area (Å²) in [6.45, 7) is 5.80. The van der Waals surface area contributed by atoms with Crippen molar-refractivity contribution in [3.05, 3.63) is 35.1 Å². The number of likely N-dealkylation sites (N-methyl/N-ethyl adjacent to an activating group) is 1. The summed E-state index contributed by atoms with van der Waals surface area (Å²) in [7, 11) is 3.14. The third-order valence-electron chi connectivity index (χ3n) is 3.12. The summed E-state index contributed by atoms with van der Waals surface area (Å²) in [5.41, 5.74) is -0.233. The molecule has 0 aliphatic rings. The van der Waals surface area contributed by atoms with E-state index in [0.717, 1.165) is 6.07 Å². The van der Waals surface area contributed by atoms with Gasteiger partial charge in [0.1, 0.15) is 0 Å². The first-order chi connectivity index (χ1) is 8.73. The van der Waals surface area contributed by atoms with Crippen LogP contribution in [0, 0.1) is 22.9 Å². The van der Waals surface area contributed by atoms with E-state index in [2.05, 4.69) is 5.32 Å². The number of methoxy groups -OCH3 is 1. The molecule has 0 saturated heterocycles. The number of halogens is 3. The highest BCUT2D eigenvalue weighted by atomic mass is 19.2. The van der Waals surface area contributed by atoms with Gasteiger partial charge in [-0.2, -0.15) is 0 Å². The predicted octanol–water partition coefficient (Wildman–Crippen LogP) is 3.43. The highest BCUT2D eigenvalue weighted by Crippen LogP contribution is 2.34. The highest BCUT2D eigenvalue weighted by molar-refractivity contribution is 5.25. The maximum atomic E-state index is 13.9. The number of ether oxygens (including phenoxy) is 1. The van der Waals surface area contributed by atoms with Crippen LogP contribution >= 0.6 is 0 Å². The molecule has 0 aliphatic carbocycles. The molecule has 5 heteroatoms. The van der Waals surface area contributed by atoms with Crippen molar-refractivity contribution in [2.75, 3.05) is 14.2 Å². The molecule has 0 aromatic heterocycles. The van der Waals surface area contributed by atoms with E-state index in [1.54, 1.807) is 7.05 Å². The van der Waals surface area contributed by atoms with Crippen LogP contribution < -0.4 is 5.32 Å². The lowest BCUT2D eigenvalue weighted by atomic mass is 9.82. The lowest BCUT2D eigenvalue weighted by molar-refractivity contribution is -0.0111. The monoisotopic (exact) mass is 275 g/mol. The van der Waals surface area contributed by atoms with Gasteiger partial charge in [0, 0.05) is 12.7 Å². The molecule has 0 fully saturated rings. The normalized spacial score (nSPS) is 15.4. The minimum atomic E-state index is -1.46. The second-order valence-corrected chi connectivity index (χ2v) is 5.55. The Kier molecular flexibility index (Phi) is 4.98. The Morgan fingerprint density at radius 1 is 1.11 bits per heavy atom. The van der Waals surface area contributed by atoms with Crippen molar-refractivity contribution < 1.29 is 17.9 Å². The van der Waals surface area contributed by atoms with Crippen LogP contribution in [0.2, 0.25) is 0 Å². The summed E-state index contributed by atoms with van der Waals surface area (Å²) >= 11 is 0. The molecule has 2 nitrogen and oxygen atoms in total. The molecule has 0 aliphatic heterocycles. The number of benzene rings is 1. The molecule has 1 rings (SSSR count). The topological polar surface area (TPSA) is 21.3 Å². The zero-order valence-electron chi connectivity index (χ0n) is 11.9. The SMILES string of the molecule is CNC(c1ccc(F)c(F)c1F)C(OC)C(C)(C)C. The number of hydrogen-bond donors (Lipinski definition) is 1. The predicted molar refractivity (Wildman–Crippen MR) is 68.4 cm³/mol. The minimum absolute atomic E-state index is 0.0585. The van der Waals surface area contributed by atoms with Crippen molar-refractivity contribution in [2.24, 2.45) is 5.41 Å². The van der Waals surface area contributed by atoms with Gasteiger partial charge in [-0.25, -0.2) is 13.2 Å². The lowest BCUT2D eigenvalue weighted by Gasteiger charge is -2.36. The Hall–Kier alpha value is -1.07. The first-order valence-corrected chi connectivity index (χ1v) is 6.07. The van der Waals surface area contributed by atoms with Crippen LogP contribution in [0.1, 0.15) is 32.4 Å². The number of nitrogens with one attached hydrogen (secondary N) is 1. The van der Waals surface area contributed by atoms with Crippen LogP contribution in [0.3, 0.4) is 0 Å². The Bertz CT molecular complexity index is 443. The van der Waals surface area contributed by atoms with E-state index >= 15 is 0 Å². The molecule has 1 aromatic rings. The first kappa shape index (κ1) is 16.0.